The van der Waals surface area contributed by atoms with Crippen LogP contribution in [0.2, 0.25) is 0 Å². The van der Waals surface area contributed by atoms with Crippen LogP contribution in [0.15, 0.2) is 41.6 Å². The summed E-state index contributed by atoms with van der Waals surface area (Å²) in [6, 6.07) is 6.18. The zero-order valence-corrected chi connectivity index (χ0v) is 25.8. The summed E-state index contributed by atoms with van der Waals surface area (Å²) in [6.45, 7) is 12.3. The lowest BCUT2D eigenvalue weighted by molar-refractivity contribution is -0.134. The lowest BCUT2D eigenvalue weighted by atomic mass is 9.87. The van der Waals surface area contributed by atoms with Crippen molar-refractivity contribution >= 4 is 21.8 Å². The molecule has 0 bridgehead atoms. The first-order valence-corrected chi connectivity index (χ1v) is 15.5. The molecule has 3 aromatic rings. The summed E-state index contributed by atoms with van der Waals surface area (Å²) in [5.74, 6) is 0.399. The highest BCUT2D eigenvalue weighted by atomic mass is 32.2. The summed E-state index contributed by atoms with van der Waals surface area (Å²) >= 11 is 0. The molecule has 11 heteroatoms. The molecule has 0 radical (unpaired) electrons. The van der Waals surface area contributed by atoms with Crippen molar-refractivity contribution in [2.45, 2.75) is 77.7 Å². The molecule has 2 heterocycles. The van der Waals surface area contributed by atoms with Crippen LogP contribution in [0.25, 0.3) is 0 Å². The average molecular weight is 595 g/mol. The molecule has 2 N–H and O–H groups in total. The third-order valence-electron chi connectivity index (χ3n) is 7.59. The number of benzene rings is 2. The summed E-state index contributed by atoms with van der Waals surface area (Å²) in [7, 11) is -4.14. The Morgan fingerprint density at radius 1 is 1.02 bits per heavy atom. The van der Waals surface area contributed by atoms with Crippen LogP contribution in [0.3, 0.4) is 0 Å². The van der Waals surface area contributed by atoms with Crippen molar-refractivity contribution in [3.8, 4) is 11.5 Å². The number of carbonyl (C=O) groups is 2. The van der Waals surface area contributed by atoms with Crippen molar-refractivity contribution < 1.29 is 27.5 Å². The standard InChI is InChI=1S/C31H38N4O6S/c1-7-16-40-27-20(3)21(4)28-25(22(27)5)12-14-31(6,41-28)30(37)35-42(38,39)24-10-8-23(9-11-24)13-15-32-29(36)26-18-33-19(2)17-34-26/h8-11,17-18H,7,12-16H2,1-6H3,(H,32,36)(H,35,37). The maximum absolute atomic E-state index is 13.3. The van der Waals surface area contributed by atoms with Crippen molar-refractivity contribution in [2.24, 2.45) is 0 Å². The van der Waals surface area contributed by atoms with Crippen LogP contribution >= 0.6 is 0 Å². The van der Waals surface area contributed by atoms with Gasteiger partial charge in [0.2, 0.25) is 0 Å². The van der Waals surface area contributed by atoms with E-state index in [-0.39, 0.29) is 16.5 Å². The summed E-state index contributed by atoms with van der Waals surface area (Å²) in [5.41, 5.74) is 4.19. The number of nitrogens with zero attached hydrogens (tertiary/aromatic N) is 2. The minimum Gasteiger partial charge on any atom is -0.493 e. The van der Waals surface area contributed by atoms with E-state index in [1.54, 1.807) is 26.0 Å². The normalized spacial score (nSPS) is 16.2. The lowest BCUT2D eigenvalue weighted by Gasteiger charge is -2.36. The molecular weight excluding hydrogens is 556 g/mol. The number of aromatic nitrogens is 2. The Morgan fingerprint density at radius 3 is 2.38 bits per heavy atom. The smallest absolute Gasteiger partial charge is 0.277 e. The molecule has 42 heavy (non-hydrogen) atoms. The summed E-state index contributed by atoms with van der Waals surface area (Å²) in [5, 5.41) is 2.77. The quantitative estimate of drug-likeness (QED) is 0.359. The van der Waals surface area contributed by atoms with E-state index in [0.29, 0.717) is 38.2 Å². The molecule has 1 aromatic heterocycles. The van der Waals surface area contributed by atoms with Crippen molar-refractivity contribution in [1.29, 1.82) is 0 Å². The molecule has 1 unspecified atom stereocenters. The summed E-state index contributed by atoms with van der Waals surface area (Å²) in [6.07, 6.45) is 5.18. The maximum Gasteiger partial charge on any atom is 0.277 e. The van der Waals surface area contributed by atoms with Gasteiger partial charge in [0.15, 0.2) is 5.60 Å². The molecule has 10 nitrogen and oxygen atoms in total. The predicted octanol–water partition coefficient (Wildman–Crippen LogP) is 4.06. The van der Waals surface area contributed by atoms with Gasteiger partial charge in [0.1, 0.15) is 17.2 Å². The molecule has 0 fully saturated rings. The second-order valence-electron chi connectivity index (χ2n) is 10.8. The van der Waals surface area contributed by atoms with E-state index >= 15 is 0 Å². The number of nitrogens with one attached hydrogen (secondary N) is 2. The highest BCUT2D eigenvalue weighted by molar-refractivity contribution is 7.90. The van der Waals surface area contributed by atoms with Gasteiger partial charge in [0.25, 0.3) is 21.8 Å². The first-order valence-electron chi connectivity index (χ1n) is 14.0. The molecule has 0 saturated carbocycles. The Balaban J connectivity index is 1.40. The topological polar surface area (TPSA) is 137 Å². The minimum absolute atomic E-state index is 0.0426. The number of fused-ring (bicyclic) bond motifs is 1. The molecule has 224 valence electrons. The van der Waals surface area contributed by atoms with Gasteiger partial charge in [-0.2, -0.15) is 0 Å². The van der Waals surface area contributed by atoms with E-state index in [1.807, 2.05) is 20.8 Å². The van der Waals surface area contributed by atoms with Crippen LogP contribution in [0, 0.1) is 27.7 Å². The zero-order chi connectivity index (χ0) is 30.7. The van der Waals surface area contributed by atoms with Crippen LogP contribution in [0.5, 0.6) is 11.5 Å². The van der Waals surface area contributed by atoms with Crippen molar-refractivity contribution in [1.82, 2.24) is 20.0 Å². The molecule has 0 saturated heterocycles. The van der Waals surface area contributed by atoms with Gasteiger partial charge in [-0.3, -0.25) is 14.6 Å². The van der Waals surface area contributed by atoms with Gasteiger partial charge in [-0.1, -0.05) is 19.1 Å². The Labute approximate surface area is 247 Å². The van der Waals surface area contributed by atoms with E-state index < -0.39 is 21.5 Å². The largest absolute Gasteiger partial charge is 0.493 e. The number of hydrogen-bond donors (Lipinski definition) is 2. The van der Waals surface area contributed by atoms with Crippen molar-refractivity contribution in [3.63, 3.8) is 0 Å². The Morgan fingerprint density at radius 2 is 1.74 bits per heavy atom. The van der Waals surface area contributed by atoms with Crippen LogP contribution < -0.4 is 19.5 Å². The molecule has 1 aliphatic heterocycles. The van der Waals surface area contributed by atoms with Crippen molar-refractivity contribution in [3.05, 3.63) is 75.9 Å². The molecule has 0 aliphatic carbocycles. The van der Waals surface area contributed by atoms with E-state index in [4.69, 9.17) is 9.47 Å². The monoisotopic (exact) mass is 594 g/mol. The number of rotatable bonds is 10. The third-order valence-corrected chi connectivity index (χ3v) is 8.94. The number of amides is 2. The summed E-state index contributed by atoms with van der Waals surface area (Å²) < 4.78 is 40.7. The SMILES string of the molecule is CCCOc1c(C)c(C)c2c(c1C)CCC(C)(C(=O)NS(=O)(=O)c1ccc(CCNC(=O)c3cnc(C)cn3)cc1)O2. The second-order valence-corrected chi connectivity index (χ2v) is 12.5. The van der Waals surface area contributed by atoms with Gasteiger partial charge >= 0.3 is 0 Å². The minimum atomic E-state index is -4.14. The Bertz CT molecular complexity index is 1590. The van der Waals surface area contributed by atoms with Crippen LogP contribution in [0.1, 0.15) is 70.7 Å². The van der Waals surface area contributed by atoms with Crippen LogP contribution in [0.4, 0.5) is 0 Å². The van der Waals surface area contributed by atoms with Crippen molar-refractivity contribution in [2.75, 3.05) is 13.2 Å². The van der Waals surface area contributed by atoms with Gasteiger partial charge in [-0.15, -0.1) is 0 Å². The third kappa shape index (κ3) is 6.56. The first-order chi connectivity index (χ1) is 19.9. The van der Waals surface area contributed by atoms with Gasteiger partial charge in [0, 0.05) is 24.7 Å². The molecule has 4 rings (SSSR count). The average Bonchev–Trinajstić information content (AvgIpc) is 2.96. The van der Waals surface area contributed by atoms with Crippen LogP contribution in [-0.2, 0) is 27.7 Å². The van der Waals surface area contributed by atoms with Gasteiger partial charge in [-0.05, 0) is 88.3 Å². The Hall–Kier alpha value is -3.99. The second kappa shape index (κ2) is 12.5. The fourth-order valence-electron chi connectivity index (χ4n) is 4.86. The highest BCUT2D eigenvalue weighted by Crippen LogP contribution is 2.44. The van der Waals surface area contributed by atoms with E-state index in [0.717, 1.165) is 45.7 Å². The number of carbonyl (C=O) groups excluding carboxylic acids is 2. The number of hydrogen-bond acceptors (Lipinski definition) is 8. The molecule has 2 aromatic carbocycles. The fourth-order valence-corrected chi connectivity index (χ4v) is 5.93. The van der Waals surface area contributed by atoms with Gasteiger partial charge in [-0.25, -0.2) is 18.1 Å². The van der Waals surface area contributed by atoms with E-state index in [9.17, 15) is 18.0 Å². The molecular formula is C31H38N4O6S. The fraction of sp³-hybridized carbons (Fsp3) is 0.419. The molecule has 0 spiro atoms. The zero-order valence-electron chi connectivity index (χ0n) is 25.0. The van der Waals surface area contributed by atoms with E-state index in [2.05, 4.69) is 26.9 Å². The summed E-state index contributed by atoms with van der Waals surface area (Å²) in [4.78, 5) is 33.6. The molecule has 2 amide bonds. The van der Waals surface area contributed by atoms with E-state index in [1.165, 1.54) is 24.5 Å². The van der Waals surface area contributed by atoms with Gasteiger partial charge in [0.05, 0.1) is 23.4 Å². The number of aryl methyl sites for hydroxylation is 1. The predicted molar refractivity (Wildman–Crippen MR) is 158 cm³/mol. The molecule has 1 atom stereocenters. The lowest BCUT2D eigenvalue weighted by Crippen LogP contribution is -2.52. The first kappa shape index (κ1) is 31.0. The molecule has 1 aliphatic rings. The highest BCUT2D eigenvalue weighted by Gasteiger charge is 2.42. The number of sulfonamides is 1. The van der Waals surface area contributed by atoms with Crippen LogP contribution in [-0.4, -0.2) is 49.0 Å². The number of ether oxygens (including phenoxy) is 2. The maximum atomic E-state index is 13.3. The Kier molecular flexibility index (Phi) is 9.20. The van der Waals surface area contributed by atoms with Gasteiger partial charge < -0.3 is 14.8 Å².